The Morgan fingerprint density at radius 3 is 2.75 bits per heavy atom. The first kappa shape index (κ1) is 14.8. The lowest BCUT2D eigenvalue weighted by Gasteiger charge is -2.17. The fourth-order valence-electron chi connectivity index (χ4n) is 2.72. The molecule has 1 aliphatic rings. The molecule has 0 N–H and O–H groups in total. The van der Waals surface area contributed by atoms with E-state index < -0.39 is 0 Å². The average molecular weight is 272 g/mol. The second-order valence-corrected chi connectivity index (χ2v) is 5.62. The van der Waals surface area contributed by atoms with Crippen LogP contribution in [0.5, 0.6) is 0 Å². The monoisotopic (exact) mass is 272 g/mol. The van der Waals surface area contributed by atoms with Crippen molar-refractivity contribution >= 4 is 5.78 Å². The molecule has 1 fully saturated rings. The number of nitrogens with zero attached hydrogens (tertiary/aromatic N) is 1. The van der Waals surface area contributed by atoms with Gasteiger partial charge >= 0.3 is 0 Å². The third-order valence-electron chi connectivity index (χ3n) is 4.07. The summed E-state index contributed by atoms with van der Waals surface area (Å²) in [5.41, 5.74) is 1.72. The van der Waals surface area contributed by atoms with Crippen molar-refractivity contribution < 1.29 is 4.79 Å². The van der Waals surface area contributed by atoms with E-state index in [2.05, 4.69) is 6.42 Å². The molecule has 1 unspecified atom stereocenters. The summed E-state index contributed by atoms with van der Waals surface area (Å²) >= 11 is 0. The molecule has 3 heteroatoms. The van der Waals surface area contributed by atoms with E-state index in [0.29, 0.717) is 11.5 Å². The molecule has 1 aromatic rings. The molecular weight excluding hydrogens is 250 g/mol. The van der Waals surface area contributed by atoms with Gasteiger partial charge in [0, 0.05) is 12.7 Å². The zero-order chi connectivity index (χ0) is 14.7. The number of aryl methyl sites for hydroxylation is 2. The van der Waals surface area contributed by atoms with Crippen LogP contribution in [-0.4, -0.2) is 10.4 Å². The van der Waals surface area contributed by atoms with E-state index in [0.717, 1.165) is 24.1 Å². The second-order valence-electron chi connectivity index (χ2n) is 5.62. The van der Waals surface area contributed by atoms with Gasteiger partial charge < -0.3 is 4.57 Å². The van der Waals surface area contributed by atoms with Crippen LogP contribution in [0.2, 0.25) is 0 Å². The number of carbonyl (C=O) groups excluding carboxylic acids is 1. The summed E-state index contributed by atoms with van der Waals surface area (Å²) in [4.78, 5) is 24.5. The Bertz CT molecular complexity index is 590. The summed E-state index contributed by atoms with van der Waals surface area (Å²) < 4.78 is 1.53. The maximum absolute atomic E-state index is 12.3. The molecule has 1 atom stereocenters. The molecule has 107 valence electrons. The molecule has 3 nitrogen and oxygen atoms in total. The van der Waals surface area contributed by atoms with Crippen molar-refractivity contribution in [1.29, 1.82) is 0 Å². The second kappa shape index (κ2) is 6.21. The third kappa shape index (κ3) is 3.09. The average Bonchev–Trinajstić information content (AvgIpc) is 2.44. The number of pyridine rings is 1. The van der Waals surface area contributed by atoms with E-state index in [1.165, 1.54) is 17.4 Å². The molecule has 20 heavy (non-hydrogen) atoms. The summed E-state index contributed by atoms with van der Waals surface area (Å²) in [7, 11) is 1.70. The van der Waals surface area contributed by atoms with E-state index in [-0.39, 0.29) is 11.3 Å². The van der Waals surface area contributed by atoms with Gasteiger partial charge in [0.15, 0.2) is 5.78 Å². The zero-order valence-electron chi connectivity index (χ0n) is 12.5. The highest BCUT2D eigenvalue weighted by atomic mass is 16.1. The van der Waals surface area contributed by atoms with E-state index >= 15 is 0 Å². The quantitative estimate of drug-likeness (QED) is 0.626. The Morgan fingerprint density at radius 1 is 1.35 bits per heavy atom. The van der Waals surface area contributed by atoms with Gasteiger partial charge in [-0.05, 0) is 56.7 Å². The van der Waals surface area contributed by atoms with Gasteiger partial charge in [0.2, 0.25) is 0 Å². The summed E-state index contributed by atoms with van der Waals surface area (Å²) in [5, 5.41) is 0. The number of hydrogen-bond acceptors (Lipinski definition) is 2. The molecule has 2 rings (SSSR count). The van der Waals surface area contributed by atoms with Crippen LogP contribution < -0.4 is 5.56 Å². The molecule has 1 aliphatic carbocycles. The highest BCUT2D eigenvalue weighted by molar-refractivity contribution is 6.05. The standard InChI is InChI=1S/C17H22NO2/c1-12-11-13(2)18(3)17(20)16(12)15(19)10-9-14-7-5-4-6-8-14/h7,9-11,14H,4-6,8H2,1-3H3/b10-9+. The van der Waals surface area contributed by atoms with Crippen LogP contribution in [0, 0.1) is 26.2 Å². The molecule has 0 bridgehead atoms. The number of rotatable bonds is 3. The number of ketones is 1. The van der Waals surface area contributed by atoms with Crippen molar-refractivity contribution in [3.8, 4) is 0 Å². The third-order valence-corrected chi connectivity index (χ3v) is 4.07. The number of allylic oxidation sites excluding steroid dienone is 2. The molecule has 1 saturated carbocycles. The summed E-state index contributed by atoms with van der Waals surface area (Å²) in [6, 6.07) is 1.88. The number of aromatic nitrogens is 1. The Balaban J connectivity index is 2.23. The van der Waals surface area contributed by atoms with Gasteiger partial charge in [-0.2, -0.15) is 0 Å². The van der Waals surface area contributed by atoms with Crippen LogP contribution >= 0.6 is 0 Å². The lowest BCUT2D eigenvalue weighted by Crippen LogP contribution is -2.26. The Hall–Kier alpha value is -1.64. The van der Waals surface area contributed by atoms with Crippen LogP contribution in [0.25, 0.3) is 0 Å². The van der Waals surface area contributed by atoms with Crippen molar-refractivity contribution in [3.63, 3.8) is 0 Å². The number of hydrogen-bond donors (Lipinski definition) is 0. The van der Waals surface area contributed by atoms with Gasteiger partial charge in [-0.3, -0.25) is 9.59 Å². The van der Waals surface area contributed by atoms with Crippen LogP contribution in [0.1, 0.15) is 47.3 Å². The largest absolute Gasteiger partial charge is 0.315 e. The van der Waals surface area contributed by atoms with Gasteiger partial charge in [-0.15, -0.1) is 0 Å². The van der Waals surface area contributed by atoms with Gasteiger partial charge in [-0.1, -0.05) is 18.9 Å². The SMILES string of the molecule is Cc1cc(C)n(C)c(=O)c1C(=O)/C=C/C1[CH]CCCC1. The van der Waals surface area contributed by atoms with Crippen molar-refractivity contribution in [1.82, 2.24) is 4.57 Å². The molecule has 0 spiro atoms. The van der Waals surface area contributed by atoms with Crippen LogP contribution in [0.3, 0.4) is 0 Å². The van der Waals surface area contributed by atoms with Crippen molar-refractivity contribution in [2.75, 3.05) is 0 Å². The van der Waals surface area contributed by atoms with Gasteiger partial charge in [0.25, 0.3) is 5.56 Å². The smallest absolute Gasteiger partial charge is 0.261 e. The first-order valence-electron chi connectivity index (χ1n) is 7.24. The predicted octanol–water partition coefficient (Wildman–Crippen LogP) is 3.14. The Labute approximate surface area is 120 Å². The van der Waals surface area contributed by atoms with E-state index in [1.54, 1.807) is 13.1 Å². The fourth-order valence-corrected chi connectivity index (χ4v) is 2.72. The summed E-state index contributed by atoms with van der Waals surface area (Å²) in [6.07, 6.45) is 10.5. The first-order valence-corrected chi connectivity index (χ1v) is 7.24. The van der Waals surface area contributed by atoms with Gasteiger partial charge in [0.05, 0.1) is 5.56 Å². The lowest BCUT2D eigenvalue weighted by atomic mass is 9.88. The molecule has 0 amide bonds. The normalized spacial score (nSPS) is 16.8. The molecule has 0 saturated heterocycles. The van der Waals surface area contributed by atoms with Crippen molar-refractivity contribution in [2.24, 2.45) is 13.0 Å². The van der Waals surface area contributed by atoms with Crippen molar-refractivity contribution in [2.45, 2.75) is 39.5 Å². The maximum atomic E-state index is 12.3. The number of carbonyl (C=O) groups is 1. The summed E-state index contributed by atoms with van der Waals surface area (Å²) in [5.74, 6) is 0.198. The topological polar surface area (TPSA) is 39.1 Å². The highest BCUT2D eigenvalue weighted by Crippen LogP contribution is 2.23. The molecular formula is C17H22NO2. The minimum atomic E-state index is -0.204. The molecule has 1 heterocycles. The highest BCUT2D eigenvalue weighted by Gasteiger charge is 2.15. The summed E-state index contributed by atoms with van der Waals surface area (Å²) in [6.45, 7) is 3.69. The lowest BCUT2D eigenvalue weighted by molar-refractivity contribution is 0.104. The Kier molecular flexibility index (Phi) is 4.58. The molecule has 0 aliphatic heterocycles. The predicted molar refractivity (Wildman–Crippen MR) is 80.9 cm³/mol. The Morgan fingerprint density at radius 2 is 2.10 bits per heavy atom. The molecule has 0 aromatic carbocycles. The van der Waals surface area contributed by atoms with Crippen LogP contribution in [-0.2, 0) is 7.05 Å². The maximum Gasteiger partial charge on any atom is 0.261 e. The van der Waals surface area contributed by atoms with E-state index in [1.807, 2.05) is 26.0 Å². The van der Waals surface area contributed by atoms with Crippen LogP contribution in [0.4, 0.5) is 0 Å². The minimum Gasteiger partial charge on any atom is -0.315 e. The van der Waals surface area contributed by atoms with Crippen molar-refractivity contribution in [3.05, 3.63) is 51.8 Å². The minimum absolute atomic E-state index is 0.179. The first-order chi connectivity index (χ1) is 9.50. The van der Waals surface area contributed by atoms with E-state index in [9.17, 15) is 9.59 Å². The van der Waals surface area contributed by atoms with Gasteiger partial charge in [-0.25, -0.2) is 0 Å². The molecule has 1 radical (unpaired) electrons. The zero-order valence-corrected chi connectivity index (χ0v) is 12.5. The molecule has 1 aromatic heterocycles. The van der Waals surface area contributed by atoms with E-state index in [4.69, 9.17) is 0 Å². The fraction of sp³-hybridized carbons (Fsp3) is 0.471. The van der Waals surface area contributed by atoms with Gasteiger partial charge in [0.1, 0.15) is 0 Å². The van der Waals surface area contributed by atoms with Crippen LogP contribution in [0.15, 0.2) is 23.0 Å².